The molecule has 31 heavy (non-hydrogen) atoms. The summed E-state index contributed by atoms with van der Waals surface area (Å²) in [6, 6.07) is 18.2. The van der Waals surface area contributed by atoms with Crippen molar-refractivity contribution in [3.05, 3.63) is 99.0 Å². The second-order valence-corrected chi connectivity index (χ2v) is 7.47. The summed E-state index contributed by atoms with van der Waals surface area (Å²) in [6.07, 6.45) is 1.13. The van der Waals surface area contributed by atoms with Gasteiger partial charge in [-0.2, -0.15) is 0 Å². The molecule has 7 nitrogen and oxygen atoms in total. The van der Waals surface area contributed by atoms with E-state index in [0.717, 1.165) is 5.56 Å². The number of hydrogen-bond donors (Lipinski definition) is 5. The summed E-state index contributed by atoms with van der Waals surface area (Å²) in [4.78, 5) is 28.0. The molecule has 2 aliphatic heterocycles. The molecule has 5 rings (SSSR count). The Morgan fingerprint density at radius 1 is 0.871 bits per heavy atom. The quantitative estimate of drug-likeness (QED) is 0.453. The number of H-pyrrole nitrogens is 1. The van der Waals surface area contributed by atoms with Crippen molar-refractivity contribution in [2.24, 2.45) is 0 Å². The Bertz CT molecular complexity index is 1310. The lowest BCUT2D eigenvalue weighted by atomic mass is 9.91. The lowest BCUT2D eigenvalue weighted by Gasteiger charge is -2.33. The van der Waals surface area contributed by atoms with E-state index in [9.17, 15) is 19.8 Å². The number of aliphatic hydroxyl groups is 1. The monoisotopic (exact) mass is 413 g/mol. The molecule has 7 heteroatoms. The van der Waals surface area contributed by atoms with Crippen LogP contribution in [0.3, 0.4) is 0 Å². The fourth-order valence-electron chi connectivity index (χ4n) is 3.97. The van der Waals surface area contributed by atoms with Gasteiger partial charge >= 0.3 is 0 Å². The van der Waals surface area contributed by atoms with Crippen LogP contribution >= 0.6 is 0 Å². The molecule has 3 heterocycles. The third-order valence-corrected chi connectivity index (χ3v) is 5.52. The Hall–Kier alpha value is -4.26. The van der Waals surface area contributed by atoms with Gasteiger partial charge in [-0.25, -0.2) is 0 Å². The summed E-state index contributed by atoms with van der Waals surface area (Å²) in [6.45, 7) is 0. The average Bonchev–Trinajstić information content (AvgIpc) is 2.77. The van der Waals surface area contributed by atoms with Gasteiger partial charge in [-0.15, -0.1) is 0 Å². The summed E-state index contributed by atoms with van der Waals surface area (Å²) in [7, 11) is 0. The van der Waals surface area contributed by atoms with Crippen LogP contribution in [0.25, 0.3) is 17.2 Å². The van der Waals surface area contributed by atoms with E-state index in [2.05, 4.69) is 15.6 Å². The topological polar surface area (TPSA) is 114 Å². The maximum atomic E-state index is 12.6. The number of carbonyl (C=O) groups excluding carboxylic acids is 1. The van der Waals surface area contributed by atoms with Gasteiger partial charge in [0.15, 0.2) is 0 Å². The summed E-state index contributed by atoms with van der Waals surface area (Å²) >= 11 is 0. The molecule has 0 aliphatic carbocycles. The molecule has 1 atom stereocenters. The number of aromatic amines is 1. The number of benzene rings is 2. The number of aliphatic hydroxyl groups excluding tert-OH is 1. The fraction of sp³-hybridized carbons (Fsp3) is 0.0833. The highest BCUT2D eigenvalue weighted by Crippen LogP contribution is 2.39. The van der Waals surface area contributed by atoms with Crippen molar-refractivity contribution in [3.63, 3.8) is 0 Å². The van der Waals surface area contributed by atoms with Gasteiger partial charge in [-0.1, -0.05) is 60.7 Å². The number of aromatic hydroxyl groups is 1. The first-order valence-corrected chi connectivity index (χ1v) is 9.83. The molecule has 0 saturated carbocycles. The number of rotatable bonds is 3. The van der Waals surface area contributed by atoms with Gasteiger partial charge in [0.25, 0.3) is 11.5 Å². The summed E-state index contributed by atoms with van der Waals surface area (Å²) in [5, 5.41) is 27.6. The Morgan fingerprint density at radius 3 is 2.26 bits per heavy atom. The van der Waals surface area contributed by atoms with Crippen LogP contribution in [-0.4, -0.2) is 27.3 Å². The minimum absolute atomic E-state index is 0.136. The zero-order valence-corrected chi connectivity index (χ0v) is 16.3. The normalized spacial score (nSPS) is 17.2. The third-order valence-electron chi connectivity index (χ3n) is 5.52. The molecule has 154 valence electrons. The van der Waals surface area contributed by atoms with Gasteiger partial charge in [-0.3, -0.25) is 9.59 Å². The smallest absolute Gasteiger partial charge is 0.261 e. The Balaban J connectivity index is 1.63. The van der Waals surface area contributed by atoms with Crippen LogP contribution in [0.1, 0.15) is 11.1 Å². The Kier molecular flexibility index (Phi) is 4.36. The minimum atomic E-state index is -0.725. The Labute approximate surface area is 177 Å². The van der Waals surface area contributed by atoms with E-state index in [4.69, 9.17) is 0 Å². The van der Waals surface area contributed by atoms with E-state index in [1.165, 1.54) is 0 Å². The highest BCUT2D eigenvalue weighted by Gasteiger charge is 2.35. The van der Waals surface area contributed by atoms with Crippen LogP contribution in [0.4, 0.5) is 5.82 Å². The SMILES string of the molecule is O=C1NC2Nc3[nH]c(=O)c(-c4ccccc4)c(O)c3C=C2C(O)=C1Cc1ccccc1. The van der Waals surface area contributed by atoms with Crippen LogP contribution in [0.2, 0.25) is 0 Å². The van der Waals surface area contributed by atoms with E-state index in [1.807, 2.05) is 36.4 Å². The summed E-state index contributed by atoms with van der Waals surface area (Å²) < 4.78 is 0. The van der Waals surface area contributed by atoms with Gasteiger partial charge in [-0.05, 0) is 17.2 Å². The van der Waals surface area contributed by atoms with Crippen molar-refractivity contribution < 1.29 is 15.0 Å². The second kappa shape index (κ2) is 7.21. The summed E-state index contributed by atoms with van der Waals surface area (Å²) in [5.74, 6) is -0.456. The largest absolute Gasteiger partial charge is 0.507 e. The first kappa shape index (κ1) is 18.7. The van der Waals surface area contributed by atoms with Gasteiger partial charge in [0, 0.05) is 12.0 Å². The predicted octanol–water partition coefficient (Wildman–Crippen LogP) is 3.07. The molecule has 1 aromatic heterocycles. The molecule has 0 saturated heterocycles. The fourth-order valence-corrected chi connectivity index (χ4v) is 3.97. The van der Waals surface area contributed by atoms with Gasteiger partial charge < -0.3 is 25.8 Å². The number of hydrogen-bond acceptors (Lipinski definition) is 5. The van der Waals surface area contributed by atoms with Crippen LogP contribution < -0.4 is 16.2 Å². The number of carbonyl (C=O) groups is 1. The molecule has 1 amide bonds. The first-order valence-electron chi connectivity index (χ1n) is 9.83. The van der Waals surface area contributed by atoms with E-state index in [0.29, 0.717) is 16.7 Å². The van der Waals surface area contributed by atoms with Crippen LogP contribution in [0, 0.1) is 0 Å². The lowest BCUT2D eigenvalue weighted by molar-refractivity contribution is -0.118. The van der Waals surface area contributed by atoms with Crippen molar-refractivity contribution in [1.29, 1.82) is 0 Å². The first-order chi connectivity index (χ1) is 15.0. The second-order valence-electron chi connectivity index (χ2n) is 7.47. The highest BCUT2D eigenvalue weighted by molar-refractivity contribution is 5.99. The highest BCUT2D eigenvalue weighted by atomic mass is 16.3. The van der Waals surface area contributed by atoms with Crippen molar-refractivity contribution in [1.82, 2.24) is 10.3 Å². The Morgan fingerprint density at radius 2 is 1.55 bits per heavy atom. The van der Waals surface area contributed by atoms with Crippen LogP contribution in [-0.2, 0) is 11.2 Å². The molecule has 2 aromatic carbocycles. The molecule has 0 radical (unpaired) electrons. The maximum Gasteiger partial charge on any atom is 0.261 e. The number of amides is 1. The van der Waals surface area contributed by atoms with E-state index >= 15 is 0 Å². The van der Waals surface area contributed by atoms with Crippen LogP contribution in [0.5, 0.6) is 5.75 Å². The zero-order chi connectivity index (χ0) is 21.5. The van der Waals surface area contributed by atoms with Crippen molar-refractivity contribution >= 4 is 17.8 Å². The van der Waals surface area contributed by atoms with Gasteiger partial charge in [0.05, 0.1) is 16.7 Å². The molecule has 0 spiro atoms. The van der Waals surface area contributed by atoms with E-state index < -0.39 is 17.6 Å². The molecule has 0 bridgehead atoms. The average molecular weight is 413 g/mol. The number of anilines is 1. The van der Waals surface area contributed by atoms with Crippen LogP contribution in [0.15, 0.2) is 82.4 Å². The van der Waals surface area contributed by atoms with E-state index in [-0.39, 0.29) is 34.9 Å². The standard InChI is InChI=1S/C24H19N3O4/c28-19-15-12-16-20(29)18(14-9-5-2-6-10-14)24(31)27-22(16)25-21(15)26-23(30)17(19)11-13-7-3-1-4-8-13/h1-10,12,21,28H,11H2,(H,26,30)(H3,25,27,29,31). The molecule has 3 aromatic rings. The predicted molar refractivity (Wildman–Crippen MR) is 117 cm³/mol. The number of pyridine rings is 1. The zero-order valence-electron chi connectivity index (χ0n) is 16.3. The van der Waals surface area contributed by atoms with E-state index in [1.54, 1.807) is 30.3 Å². The lowest BCUT2D eigenvalue weighted by Crippen LogP contribution is -2.48. The maximum absolute atomic E-state index is 12.6. The minimum Gasteiger partial charge on any atom is -0.507 e. The molecule has 2 aliphatic rings. The van der Waals surface area contributed by atoms with Gasteiger partial charge in [0.2, 0.25) is 0 Å². The molecule has 1 unspecified atom stereocenters. The van der Waals surface area contributed by atoms with Crippen molar-refractivity contribution in [3.8, 4) is 16.9 Å². The number of aromatic nitrogens is 1. The van der Waals surface area contributed by atoms with Gasteiger partial charge in [0.1, 0.15) is 23.5 Å². The van der Waals surface area contributed by atoms with Crippen molar-refractivity contribution in [2.45, 2.75) is 12.6 Å². The molecule has 0 fully saturated rings. The number of nitrogens with one attached hydrogen (secondary N) is 3. The third kappa shape index (κ3) is 3.16. The number of fused-ring (bicyclic) bond motifs is 2. The molecular weight excluding hydrogens is 394 g/mol. The molecule has 5 N–H and O–H groups in total. The van der Waals surface area contributed by atoms with Crippen molar-refractivity contribution in [2.75, 3.05) is 5.32 Å². The molecular formula is C24H19N3O4. The summed E-state index contributed by atoms with van der Waals surface area (Å²) in [5.41, 5.74) is 2.15.